The van der Waals surface area contributed by atoms with E-state index in [-0.39, 0.29) is 11.6 Å². The molecular weight excluding hydrogens is 220 g/mol. The van der Waals surface area contributed by atoms with Crippen LogP contribution < -0.4 is 11.1 Å². The predicted molar refractivity (Wildman–Crippen MR) is 68.9 cm³/mol. The van der Waals surface area contributed by atoms with E-state index in [0.29, 0.717) is 11.4 Å². The van der Waals surface area contributed by atoms with Gasteiger partial charge in [-0.05, 0) is 19.4 Å². The second-order valence-electron chi connectivity index (χ2n) is 3.67. The maximum atomic E-state index is 11.5. The average molecular weight is 236 g/mol. The molecule has 0 heterocycles. The number of thiol groups is 1. The molecule has 0 aliphatic carbocycles. The van der Waals surface area contributed by atoms with Crippen molar-refractivity contribution in [3.05, 3.63) is 46.0 Å². The van der Waals surface area contributed by atoms with Crippen molar-refractivity contribution in [2.24, 2.45) is 5.73 Å². The van der Waals surface area contributed by atoms with Crippen molar-refractivity contribution in [3.63, 3.8) is 0 Å². The van der Waals surface area contributed by atoms with Crippen LogP contribution in [0.3, 0.4) is 0 Å². The Balaban J connectivity index is 2.56. The van der Waals surface area contributed by atoms with E-state index in [2.05, 4.69) is 17.9 Å². The molecule has 0 radical (unpaired) electrons. The number of carbonyl (C=O) groups excluding carboxylic acids is 1. The minimum atomic E-state index is -0.284. The van der Waals surface area contributed by atoms with Crippen molar-refractivity contribution < 1.29 is 4.79 Å². The van der Waals surface area contributed by atoms with Gasteiger partial charge < -0.3 is 11.1 Å². The third-order valence-corrected chi connectivity index (χ3v) is 2.45. The number of rotatable bonds is 3. The Morgan fingerprint density at radius 2 is 1.94 bits per heavy atom. The summed E-state index contributed by atoms with van der Waals surface area (Å²) >= 11 is 4.02. The highest BCUT2D eigenvalue weighted by Crippen LogP contribution is 2.04. The topological polar surface area (TPSA) is 55.1 Å². The third-order valence-electron chi connectivity index (χ3n) is 2.21. The van der Waals surface area contributed by atoms with E-state index in [0.717, 1.165) is 5.56 Å². The van der Waals surface area contributed by atoms with E-state index in [1.54, 1.807) is 6.92 Å². The van der Waals surface area contributed by atoms with Crippen LogP contribution in [-0.4, -0.2) is 5.91 Å². The number of amides is 1. The number of carbonyl (C=O) groups is 1. The van der Waals surface area contributed by atoms with Crippen molar-refractivity contribution in [1.29, 1.82) is 0 Å². The standard InChI is InChI=1S/C12H16N2OS/c1-8-3-5-10(6-4-8)7-14-12(15)11(13)9(2)16/h3-6,16H,7,13H2,1-2H3,(H,14,15)/b11-9-. The fourth-order valence-electron chi connectivity index (χ4n) is 1.15. The lowest BCUT2D eigenvalue weighted by Crippen LogP contribution is -2.28. The first-order chi connectivity index (χ1) is 7.50. The van der Waals surface area contributed by atoms with E-state index in [4.69, 9.17) is 5.73 Å². The monoisotopic (exact) mass is 236 g/mol. The van der Waals surface area contributed by atoms with Gasteiger partial charge in [0, 0.05) is 11.4 Å². The predicted octanol–water partition coefficient (Wildman–Crippen LogP) is 1.73. The van der Waals surface area contributed by atoms with Gasteiger partial charge in [-0.15, -0.1) is 12.6 Å². The summed E-state index contributed by atoms with van der Waals surface area (Å²) in [5, 5.41) is 2.73. The minimum Gasteiger partial charge on any atom is -0.394 e. The molecule has 4 heteroatoms. The van der Waals surface area contributed by atoms with Gasteiger partial charge in [0.1, 0.15) is 5.70 Å². The highest BCUT2D eigenvalue weighted by Gasteiger charge is 2.06. The van der Waals surface area contributed by atoms with Crippen LogP contribution >= 0.6 is 12.6 Å². The van der Waals surface area contributed by atoms with Crippen LogP contribution in [0.1, 0.15) is 18.1 Å². The maximum Gasteiger partial charge on any atom is 0.268 e. The van der Waals surface area contributed by atoms with Crippen molar-refractivity contribution >= 4 is 18.5 Å². The van der Waals surface area contributed by atoms with Gasteiger partial charge in [-0.3, -0.25) is 4.79 Å². The summed E-state index contributed by atoms with van der Waals surface area (Å²) in [6.45, 7) is 4.18. The summed E-state index contributed by atoms with van der Waals surface area (Å²) in [6.07, 6.45) is 0. The fraction of sp³-hybridized carbons (Fsp3) is 0.250. The molecular formula is C12H16N2OS. The lowest BCUT2D eigenvalue weighted by atomic mass is 10.1. The number of allylic oxidation sites excluding steroid dienone is 1. The van der Waals surface area contributed by atoms with Crippen LogP contribution in [0.5, 0.6) is 0 Å². The van der Waals surface area contributed by atoms with E-state index < -0.39 is 0 Å². The van der Waals surface area contributed by atoms with Crippen LogP contribution in [0, 0.1) is 6.92 Å². The number of hydrogen-bond donors (Lipinski definition) is 3. The third kappa shape index (κ3) is 3.62. The van der Waals surface area contributed by atoms with Gasteiger partial charge in [-0.25, -0.2) is 0 Å². The molecule has 0 fully saturated rings. The van der Waals surface area contributed by atoms with Crippen LogP contribution in [0.2, 0.25) is 0 Å². The molecule has 0 aliphatic rings. The Labute approximate surface area is 101 Å². The summed E-state index contributed by atoms with van der Waals surface area (Å²) in [5.41, 5.74) is 7.94. The molecule has 0 aromatic heterocycles. The maximum absolute atomic E-state index is 11.5. The number of hydrogen-bond acceptors (Lipinski definition) is 3. The molecule has 3 N–H and O–H groups in total. The van der Waals surface area contributed by atoms with Gasteiger partial charge >= 0.3 is 0 Å². The highest BCUT2D eigenvalue weighted by molar-refractivity contribution is 7.84. The van der Waals surface area contributed by atoms with Crippen LogP contribution in [0.4, 0.5) is 0 Å². The molecule has 1 aromatic carbocycles. The molecule has 0 bridgehead atoms. The van der Waals surface area contributed by atoms with Crippen molar-refractivity contribution in [3.8, 4) is 0 Å². The summed E-state index contributed by atoms with van der Waals surface area (Å²) in [5.74, 6) is -0.284. The van der Waals surface area contributed by atoms with Crippen molar-refractivity contribution in [2.45, 2.75) is 20.4 Å². The lowest BCUT2D eigenvalue weighted by Gasteiger charge is -2.06. The van der Waals surface area contributed by atoms with Gasteiger partial charge in [0.25, 0.3) is 5.91 Å². The summed E-state index contributed by atoms with van der Waals surface area (Å²) in [7, 11) is 0. The number of aryl methyl sites for hydroxylation is 1. The van der Waals surface area contributed by atoms with Crippen LogP contribution in [-0.2, 0) is 11.3 Å². The van der Waals surface area contributed by atoms with Gasteiger partial charge in [-0.1, -0.05) is 29.8 Å². The van der Waals surface area contributed by atoms with Crippen LogP contribution in [0.15, 0.2) is 34.9 Å². The number of benzene rings is 1. The Bertz CT molecular complexity index is 406. The van der Waals surface area contributed by atoms with Crippen LogP contribution in [0.25, 0.3) is 0 Å². The Morgan fingerprint density at radius 3 is 2.44 bits per heavy atom. The molecule has 86 valence electrons. The lowest BCUT2D eigenvalue weighted by molar-refractivity contribution is -0.117. The molecule has 0 saturated carbocycles. The molecule has 1 rings (SSSR count). The Hall–Kier alpha value is -1.42. The molecule has 1 aromatic rings. The van der Waals surface area contributed by atoms with E-state index >= 15 is 0 Å². The first-order valence-corrected chi connectivity index (χ1v) is 5.44. The largest absolute Gasteiger partial charge is 0.394 e. The first kappa shape index (κ1) is 12.6. The average Bonchev–Trinajstić information content (AvgIpc) is 2.26. The molecule has 0 unspecified atom stereocenters. The molecule has 1 amide bonds. The molecule has 0 saturated heterocycles. The summed E-state index contributed by atoms with van der Waals surface area (Å²) < 4.78 is 0. The Kier molecular flexibility index (Phi) is 4.43. The SMILES string of the molecule is C/C(S)=C(/N)C(=O)NCc1ccc(C)cc1. The zero-order valence-corrected chi connectivity index (χ0v) is 10.3. The molecule has 0 spiro atoms. The van der Waals surface area contributed by atoms with Gasteiger partial charge in [-0.2, -0.15) is 0 Å². The van der Waals surface area contributed by atoms with E-state index in [1.165, 1.54) is 5.56 Å². The van der Waals surface area contributed by atoms with Gasteiger partial charge in [0.15, 0.2) is 0 Å². The van der Waals surface area contributed by atoms with E-state index in [9.17, 15) is 4.79 Å². The number of nitrogens with one attached hydrogen (secondary N) is 1. The molecule has 3 nitrogen and oxygen atoms in total. The molecule has 16 heavy (non-hydrogen) atoms. The quantitative estimate of drug-likeness (QED) is 0.553. The zero-order chi connectivity index (χ0) is 12.1. The smallest absolute Gasteiger partial charge is 0.268 e. The first-order valence-electron chi connectivity index (χ1n) is 4.99. The van der Waals surface area contributed by atoms with Crippen molar-refractivity contribution in [1.82, 2.24) is 5.32 Å². The minimum absolute atomic E-state index is 0.162. The summed E-state index contributed by atoms with van der Waals surface area (Å²) in [6, 6.07) is 7.96. The fourth-order valence-corrected chi connectivity index (χ4v) is 1.25. The number of nitrogens with two attached hydrogens (primary N) is 1. The second kappa shape index (κ2) is 5.61. The van der Waals surface area contributed by atoms with E-state index in [1.807, 2.05) is 31.2 Å². The van der Waals surface area contributed by atoms with Gasteiger partial charge in [0.05, 0.1) is 0 Å². The normalized spacial score (nSPS) is 11.9. The van der Waals surface area contributed by atoms with Crippen molar-refractivity contribution in [2.75, 3.05) is 0 Å². The second-order valence-corrected chi connectivity index (χ2v) is 4.34. The molecule has 0 aliphatic heterocycles. The van der Waals surface area contributed by atoms with Gasteiger partial charge in [0.2, 0.25) is 0 Å². The molecule has 0 atom stereocenters. The summed E-state index contributed by atoms with van der Waals surface area (Å²) in [4.78, 5) is 12.0. The Morgan fingerprint density at radius 1 is 1.38 bits per heavy atom. The highest BCUT2D eigenvalue weighted by atomic mass is 32.1. The zero-order valence-electron chi connectivity index (χ0n) is 9.45.